The van der Waals surface area contributed by atoms with Crippen LogP contribution in [0.25, 0.3) is 0 Å². The van der Waals surface area contributed by atoms with E-state index in [9.17, 15) is 0 Å². The molecule has 2 rings (SSSR count). The van der Waals surface area contributed by atoms with Crippen LogP contribution in [0.3, 0.4) is 0 Å². The van der Waals surface area contributed by atoms with Gasteiger partial charge in [0, 0.05) is 6.04 Å². The summed E-state index contributed by atoms with van der Waals surface area (Å²) in [6, 6.07) is 8.19. The van der Waals surface area contributed by atoms with Crippen molar-refractivity contribution in [2.24, 2.45) is 0 Å². The second-order valence-electron chi connectivity index (χ2n) is 4.58. The zero-order valence-electron chi connectivity index (χ0n) is 10.3. The maximum absolute atomic E-state index is 6.11. The topological polar surface area (TPSA) is 21.3 Å². The Kier molecular flexibility index (Phi) is 4.69. The first-order chi connectivity index (χ1) is 8.31. The molecule has 3 heteroatoms. The highest BCUT2D eigenvalue weighted by Gasteiger charge is 2.28. The molecule has 0 aromatic heterocycles. The fraction of sp³-hybridized carbons (Fsp3) is 0.571. The minimum Gasteiger partial charge on any atom is -0.487 e. The van der Waals surface area contributed by atoms with E-state index in [1.165, 1.54) is 12.8 Å². The summed E-state index contributed by atoms with van der Waals surface area (Å²) in [5, 5.41) is 4.26. The number of hydrogen-bond donors (Lipinski definition) is 1. The summed E-state index contributed by atoms with van der Waals surface area (Å²) in [4.78, 5) is 0. The molecule has 0 radical (unpaired) electrons. The van der Waals surface area contributed by atoms with Gasteiger partial charge in [0.25, 0.3) is 0 Å². The summed E-state index contributed by atoms with van der Waals surface area (Å²) >= 11 is 6.11. The van der Waals surface area contributed by atoms with E-state index in [0.29, 0.717) is 11.1 Å². The Morgan fingerprint density at radius 1 is 1.35 bits per heavy atom. The predicted octanol–water partition coefficient (Wildman–Crippen LogP) is 3.64. The van der Waals surface area contributed by atoms with Crippen molar-refractivity contribution in [2.45, 2.75) is 44.8 Å². The molecule has 2 atom stereocenters. The van der Waals surface area contributed by atoms with E-state index < -0.39 is 0 Å². The lowest BCUT2D eigenvalue weighted by molar-refractivity contribution is 0.175. The minimum atomic E-state index is 0.265. The highest BCUT2D eigenvalue weighted by atomic mass is 35.5. The maximum Gasteiger partial charge on any atom is 0.138 e. The highest BCUT2D eigenvalue weighted by molar-refractivity contribution is 6.32. The molecule has 1 aliphatic carbocycles. The molecule has 1 aliphatic rings. The molecule has 0 saturated heterocycles. The zero-order chi connectivity index (χ0) is 12.1. The molecule has 17 heavy (non-hydrogen) atoms. The average Bonchev–Trinajstić information content (AvgIpc) is 2.77. The fourth-order valence-corrected chi connectivity index (χ4v) is 2.51. The van der Waals surface area contributed by atoms with E-state index >= 15 is 0 Å². The molecule has 0 aliphatic heterocycles. The average molecular weight is 254 g/mol. The summed E-state index contributed by atoms with van der Waals surface area (Å²) in [5.41, 5.74) is 0. The van der Waals surface area contributed by atoms with Crippen molar-refractivity contribution < 1.29 is 4.74 Å². The van der Waals surface area contributed by atoms with Crippen LogP contribution in [0.4, 0.5) is 0 Å². The van der Waals surface area contributed by atoms with Crippen molar-refractivity contribution in [2.75, 3.05) is 6.54 Å². The summed E-state index contributed by atoms with van der Waals surface area (Å²) in [7, 11) is 0. The van der Waals surface area contributed by atoms with Crippen LogP contribution in [0, 0.1) is 0 Å². The van der Waals surface area contributed by atoms with E-state index in [0.717, 1.165) is 25.1 Å². The molecule has 0 amide bonds. The van der Waals surface area contributed by atoms with Gasteiger partial charge >= 0.3 is 0 Å². The van der Waals surface area contributed by atoms with Gasteiger partial charge in [-0.05, 0) is 44.4 Å². The first-order valence-electron chi connectivity index (χ1n) is 6.46. The molecule has 2 unspecified atom stereocenters. The van der Waals surface area contributed by atoms with Gasteiger partial charge in [-0.15, -0.1) is 0 Å². The number of hydrogen-bond acceptors (Lipinski definition) is 2. The van der Waals surface area contributed by atoms with E-state index in [1.54, 1.807) is 0 Å². The van der Waals surface area contributed by atoms with Gasteiger partial charge in [0.15, 0.2) is 0 Å². The Morgan fingerprint density at radius 2 is 2.18 bits per heavy atom. The number of benzene rings is 1. The van der Waals surface area contributed by atoms with Gasteiger partial charge in [0.05, 0.1) is 5.02 Å². The number of halogens is 1. The summed E-state index contributed by atoms with van der Waals surface area (Å²) in [5.74, 6) is 0.810. The third-order valence-corrected chi connectivity index (χ3v) is 3.54. The number of para-hydroxylation sites is 1. The summed E-state index contributed by atoms with van der Waals surface area (Å²) in [6.45, 7) is 3.25. The molecule has 1 aromatic carbocycles. The SMILES string of the molecule is CCCNC1CCCC1Oc1ccccc1Cl. The molecule has 94 valence electrons. The lowest BCUT2D eigenvalue weighted by atomic mass is 10.2. The normalized spacial score (nSPS) is 23.9. The van der Waals surface area contributed by atoms with Crippen LogP contribution in [-0.2, 0) is 0 Å². The highest BCUT2D eigenvalue weighted by Crippen LogP contribution is 2.29. The van der Waals surface area contributed by atoms with Crippen LogP contribution in [0.5, 0.6) is 5.75 Å². The Bertz CT molecular complexity index is 356. The van der Waals surface area contributed by atoms with Gasteiger partial charge < -0.3 is 10.1 Å². The zero-order valence-corrected chi connectivity index (χ0v) is 11.0. The standard InChI is InChI=1S/C14H20ClNO/c1-2-10-16-12-7-5-9-14(12)17-13-8-4-3-6-11(13)15/h3-4,6,8,12,14,16H,2,5,7,9-10H2,1H3. The summed E-state index contributed by atoms with van der Waals surface area (Å²) < 4.78 is 6.02. The first-order valence-corrected chi connectivity index (χ1v) is 6.83. The van der Waals surface area contributed by atoms with Gasteiger partial charge in [-0.25, -0.2) is 0 Å². The quantitative estimate of drug-likeness (QED) is 0.865. The van der Waals surface area contributed by atoms with Crippen molar-refractivity contribution in [3.05, 3.63) is 29.3 Å². The van der Waals surface area contributed by atoms with Gasteiger partial charge in [0.1, 0.15) is 11.9 Å². The Hall–Kier alpha value is -0.730. The Labute approximate surface area is 108 Å². The second kappa shape index (κ2) is 6.27. The van der Waals surface area contributed by atoms with Crippen LogP contribution >= 0.6 is 11.6 Å². The van der Waals surface area contributed by atoms with Crippen LogP contribution in [0.2, 0.25) is 5.02 Å². The molecular weight excluding hydrogens is 234 g/mol. The van der Waals surface area contributed by atoms with Gasteiger partial charge in [-0.2, -0.15) is 0 Å². The van der Waals surface area contributed by atoms with E-state index in [1.807, 2.05) is 24.3 Å². The minimum absolute atomic E-state index is 0.265. The van der Waals surface area contributed by atoms with Crippen molar-refractivity contribution in [3.63, 3.8) is 0 Å². The number of rotatable bonds is 5. The van der Waals surface area contributed by atoms with Crippen LogP contribution < -0.4 is 10.1 Å². The molecule has 2 nitrogen and oxygen atoms in total. The first kappa shape index (κ1) is 12.7. The Morgan fingerprint density at radius 3 is 2.94 bits per heavy atom. The molecule has 1 aromatic rings. The molecule has 0 heterocycles. The third kappa shape index (κ3) is 3.36. The molecular formula is C14H20ClNO. The smallest absolute Gasteiger partial charge is 0.138 e. The van der Waals surface area contributed by atoms with Crippen molar-refractivity contribution >= 4 is 11.6 Å². The largest absolute Gasteiger partial charge is 0.487 e. The monoisotopic (exact) mass is 253 g/mol. The van der Waals surface area contributed by atoms with Crippen LogP contribution in [0.15, 0.2) is 24.3 Å². The van der Waals surface area contributed by atoms with Crippen molar-refractivity contribution in [1.29, 1.82) is 0 Å². The number of nitrogens with one attached hydrogen (secondary N) is 1. The van der Waals surface area contributed by atoms with E-state index in [2.05, 4.69) is 12.2 Å². The van der Waals surface area contributed by atoms with Crippen molar-refractivity contribution in [3.8, 4) is 5.75 Å². The van der Waals surface area contributed by atoms with Crippen LogP contribution in [-0.4, -0.2) is 18.7 Å². The molecule has 0 spiro atoms. The molecule has 1 saturated carbocycles. The van der Waals surface area contributed by atoms with Gasteiger partial charge in [-0.3, -0.25) is 0 Å². The number of ether oxygens (including phenoxy) is 1. The van der Waals surface area contributed by atoms with E-state index in [-0.39, 0.29) is 6.10 Å². The fourth-order valence-electron chi connectivity index (χ4n) is 2.33. The molecule has 1 fully saturated rings. The molecule has 0 bridgehead atoms. The van der Waals surface area contributed by atoms with E-state index in [4.69, 9.17) is 16.3 Å². The summed E-state index contributed by atoms with van der Waals surface area (Å²) in [6.07, 6.45) is 4.98. The lowest BCUT2D eigenvalue weighted by Gasteiger charge is -2.22. The van der Waals surface area contributed by atoms with Gasteiger partial charge in [-0.1, -0.05) is 30.7 Å². The second-order valence-corrected chi connectivity index (χ2v) is 4.99. The lowest BCUT2D eigenvalue weighted by Crippen LogP contribution is -2.39. The maximum atomic E-state index is 6.11. The van der Waals surface area contributed by atoms with Gasteiger partial charge in [0.2, 0.25) is 0 Å². The Balaban J connectivity index is 1.95. The predicted molar refractivity (Wildman–Crippen MR) is 71.8 cm³/mol. The van der Waals surface area contributed by atoms with Crippen molar-refractivity contribution in [1.82, 2.24) is 5.32 Å². The molecule has 1 N–H and O–H groups in total. The van der Waals surface area contributed by atoms with Crippen LogP contribution in [0.1, 0.15) is 32.6 Å². The third-order valence-electron chi connectivity index (χ3n) is 3.22.